The number of amides is 1. The van der Waals surface area contributed by atoms with Gasteiger partial charge in [0.05, 0.1) is 6.61 Å². The first kappa shape index (κ1) is 18.6. The largest absolute Gasteiger partial charge is 0.573 e. The Labute approximate surface area is 141 Å². The van der Waals surface area contributed by atoms with E-state index in [4.69, 9.17) is 4.74 Å². The maximum absolute atomic E-state index is 13.0. The SMILES string of the molecule is O=C(CCCOc1cccc(F)c1)Nc1ccc(OC(F)(F)F)cc1. The van der Waals surface area contributed by atoms with Crippen LogP contribution in [-0.4, -0.2) is 18.9 Å². The molecule has 25 heavy (non-hydrogen) atoms. The fraction of sp³-hybridized carbons (Fsp3) is 0.235. The lowest BCUT2D eigenvalue weighted by atomic mass is 10.2. The van der Waals surface area contributed by atoms with Gasteiger partial charge in [-0.15, -0.1) is 13.2 Å². The fourth-order valence-corrected chi connectivity index (χ4v) is 1.94. The highest BCUT2D eigenvalue weighted by molar-refractivity contribution is 5.90. The van der Waals surface area contributed by atoms with Crippen LogP contribution in [0.4, 0.5) is 23.2 Å². The van der Waals surface area contributed by atoms with E-state index in [0.717, 1.165) is 12.1 Å². The zero-order chi connectivity index (χ0) is 18.3. The van der Waals surface area contributed by atoms with Crippen molar-refractivity contribution in [1.82, 2.24) is 0 Å². The number of nitrogens with one attached hydrogen (secondary N) is 1. The third-order valence-corrected chi connectivity index (χ3v) is 2.98. The van der Waals surface area contributed by atoms with Crippen molar-refractivity contribution in [2.24, 2.45) is 0 Å². The summed E-state index contributed by atoms with van der Waals surface area (Å²) in [4.78, 5) is 11.8. The van der Waals surface area contributed by atoms with E-state index in [2.05, 4.69) is 10.1 Å². The summed E-state index contributed by atoms with van der Waals surface area (Å²) >= 11 is 0. The Balaban J connectivity index is 1.71. The summed E-state index contributed by atoms with van der Waals surface area (Å²) in [5, 5.41) is 2.55. The van der Waals surface area contributed by atoms with E-state index in [1.165, 1.54) is 30.3 Å². The van der Waals surface area contributed by atoms with Crippen molar-refractivity contribution in [3.05, 3.63) is 54.3 Å². The summed E-state index contributed by atoms with van der Waals surface area (Å²) in [7, 11) is 0. The lowest BCUT2D eigenvalue weighted by molar-refractivity contribution is -0.274. The number of benzene rings is 2. The van der Waals surface area contributed by atoms with E-state index in [0.29, 0.717) is 17.9 Å². The van der Waals surface area contributed by atoms with E-state index in [1.807, 2.05) is 0 Å². The minimum atomic E-state index is -4.76. The molecule has 0 unspecified atom stereocenters. The molecular weight excluding hydrogens is 342 g/mol. The number of hydrogen-bond donors (Lipinski definition) is 1. The van der Waals surface area contributed by atoms with Crippen LogP contribution in [0.5, 0.6) is 11.5 Å². The van der Waals surface area contributed by atoms with Crippen LogP contribution in [0.25, 0.3) is 0 Å². The Morgan fingerprint density at radius 3 is 2.40 bits per heavy atom. The molecule has 2 aromatic carbocycles. The van der Waals surface area contributed by atoms with Crippen molar-refractivity contribution in [1.29, 1.82) is 0 Å². The number of hydrogen-bond acceptors (Lipinski definition) is 3. The standard InChI is InChI=1S/C17H15F4NO3/c18-12-3-1-4-15(11-12)24-10-2-5-16(23)22-13-6-8-14(9-7-13)25-17(19,20)21/h1,3-4,6-9,11H,2,5,10H2,(H,22,23). The van der Waals surface area contributed by atoms with Crippen LogP contribution < -0.4 is 14.8 Å². The topological polar surface area (TPSA) is 47.6 Å². The molecule has 0 radical (unpaired) electrons. The van der Waals surface area contributed by atoms with Crippen molar-refractivity contribution in [2.45, 2.75) is 19.2 Å². The number of carbonyl (C=O) groups is 1. The van der Waals surface area contributed by atoms with Crippen LogP contribution in [0.3, 0.4) is 0 Å². The second-order valence-electron chi connectivity index (χ2n) is 5.03. The molecule has 0 aliphatic heterocycles. The van der Waals surface area contributed by atoms with Gasteiger partial charge in [-0.2, -0.15) is 0 Å². The Bertz CT molecular complexity index is 702. The number of alkyl halides is 3. The van der Waals surface area contributed by atoms with Gasteiger partial charge in [-0.1, -0.05) is 6.07 Å². The van der Waals surface area contributed by atoms with Gasteiger partial charge >= 0.3 is 6.36 Å². The summed E-state index contributed by atoms with van der Waals surface area (Å²) in [6.45, 7) is 0.231. The number of anilines is 1. The maximum Gasteiger partial charge on any atom is 0.573 e. The summed E-state index contributed by atoms with van der Waals surface area (Å²) in [5.74, 6) is -0.713. The Morgan fingerprint density at radius 1 is 1.04 bits per heavy atom. The quantitative estimate of drug-likeness (QED) is 0.585. The van der Waals surface area contributed by atoms with E-state index >= 15 is 0 Å². The Hall–Kier alpha value is -2.77. The van der Waals surface area contributed by atoms with Gasteiger partial charge < -0.3 is 14.8 Å². The molecule has 0 heterocycles. The van der Waals surface area contributed by atoms with Gasteiger partial charge in [0.1, 0.15) is 17.3 Å². The van der Waals surface area contributed by atoms with Crippen LogP contribution in [0.1, 0.15) is 12.8 Å². The molecule has 0 aliphatic rings. The van der Waals surface area contributed by atoms with Crippen LogP contribution in [0.15, 0.2) is 48.5 Å². The van der Waals surface area contributed by atoms with Gasteiger partial charge in [0.15, 0.2) is 0 Å². The average molecular weight is 357 g/mol. The van der Waals surface area contributed by atoms with E-state index in [1.54, 1.807) is 6.07 Å². The zero-order valence-electron chi connectivity index (χ0n) is 13.0. The molecule has 0 aromatic heterocycles. The summed E-state index contributed by atoms with van der Waals surface area (Å²) in [6.07, 6.45) is -4.21. The van der Waals surface area contributed by atoms with Crippen molar-refractivity contribution in [3.63, 3.8) is 0 Å². The molecule has 2 aromatic rings. The van der Waals surface area contributed by atoms with E-state index < -0.39 is 12.2 Å². The molecule has 0 aliphatic carbocycles. The smallest absolute Gasteiger partial charge is 0.493 e. The third kappa shape index (κ3) is 7.11. The number of halogens is 4. The first-order valence-electron chi connectivity index (χ1n) is 7.36. The molecule has 134 valence electrons. The molecule has 0 saturated carbocycles. The fourth-order valence-electron chi connectivity index (χ4n) is 1.94. The molecule has 1 N–H and O–H groups in total. The van der Waals surface area contributed by atoms with E-state index in [9.17, 15) is 22.4 Å². The summed E-state index contributed by atoms with van der Waals surface area (Å²) < 4.78 is 58.1. The molecule has 1 amide bonds. The van der Waals surface area contributed by atoms with Crippen LogP contribution >= 0.6 is 0 Å². The van der Waals surface area contributed by atoms with Crippen LogP contribution in [0.2, 0.25) is 0 Å². The number of rotatable bonds is 7. The van der Waals surface area contributed by atoms with Gasteiger partial charge in [0.25, 0.3) is 0 Å². The second-order valence-corrected chi connectivity index (χ2v) is 5.03. The molecule has 0 bridgehead atoms. The highest BCUT2D eigenvalue weighted by atomic mass is 19.4. The Kier molecular flexibility index (Phi) is 6.21. The van der Waals surface area contributed by atoms with Gasteiger partial charge in [-0.05, 0) is 42.8 Å². The monoisotopic (exact) mass is 357 g/mol. The highest BCUT2D eigenvalue weighted by Gasteiger charge is 2.30. The predicted molar refractivity (Wildman–Crippen MR) is 82.9 cm³/mol. The van der Waals surface area contributed by atoms with Gasteiger partial charge in [-0.25, -0.2) is 4.39 Å². The summed E-state index contributed by atoms with van der Waals surface area (Å²) in [5.41, 5.74) is 0.352. The lowest BCUT2D eigenvalue weighted by Crippen LogP contribution is -2.17. The molecule has 2 rings (SSSR count). The van der Waals surface area contributed by atoms with E-state index in [-0.39, 0.29) is 24.7 Å². The first-order chi connectivity index (χ1) is 11.8. The minimum absolute atomic E-state index is 0.149. The Morgan fingerprint density at radius 2 is 1.76 bits per heavy atom. The molecular formula is C17H15F4NO3. The molecule has 0 atom stereocenters. The van der Waals surface area contributed by atoms with Crippen molar-refractivity contribution in [3.8, 4) is 11.5 Å². The maximum atomic E-state index is 13.0. The third-order valence-electron chi connectivity index (χ3n) is 2.98. The molecule has 0 fully saturated rings. The minimum Gasteiger partial charge on any atom is -0.493 e. The molecule has 8 heteroatoms. The van der Waals surface area contributed by atoms with Gasteiger partial charge in [0.2, 0.25) is 5.91 Å². The summed E-state index contributed by atoms with van der Waals surface area (Å²) in [6, 6.07) is 10.5. The van der Waals surface area contributed by atoms with Crippen molar-refractivity contribution in [2.75, 3.05) is 11.9 Å². The van der Waals surface area contributed by atoms with Crippen molar-refractivity contribution < 1.29 is 31.8 Å². The number of carbonyl (C=O) groups excluding carboxylic acids is 1. The van der Waals surface area contributed by atoms with Crippen molar-refractivity contribution >= 4 is 11.6 Å². The number of ether oxygens (including phenoxy) is 2. The lowest BCUT2D eigenvalue weighted by Gasteiger charge is -2.10. The normalized spacial score (nSPS) is 11.0. The van der Waals surface area contributed by atoms with Gasteiger partial charge in [-0.3, -0.25) is 4.79 Å². The predicted octanol–water partition coefficient (Wildman–Crippen LogP) is 4.52. The first-order valence-corrected chi connectivity index (χ1v) is 7.36. The molecule has 4 nitrogen and oxygen atoms in total. The molecule has 0 saturated heterocycles. The molecule has 0 spiro atoms. The van der Waals surface area contributed by atoms with Crippen LogP contribution in [0, 0.1) is 5.82 Å². The second kappa shape index (κ2) is 8.36. The van der Waals surface area contributed by atoms with Crippen LogP contribution in [-0.2, 0) is 4.79 Å². The zero-order valence-corrected chi connectivity index (χ0v) is 13.0. The van der Waals surface area contributed by atoms with Gasteiger partial charge in [0, 0.05) is 18.2 Å². The highest BCUT2D eigenvalue weighted by Crippen LogP contribution is 2.24. The average Bonchev–Trinajstić information content (AvgIpc) is 2.52.